The summed E-state index contributed by atoms with van der Waals surface area (Å²) in [6, 6.07) is 9.00. The van der Waals surface area contributed by atoms with Crippen LogP contribution < -0.4 is 15.5 Å². The number of benzene rings is 1. The van der Waals surface area contributed by atoms with Gasteiger partial charge in [0.2, 0.25) is 0 Å². The summed E-state index contributed by atoms with van der Waals surface area (Å²) in [7, 11) is 0. The summed E-state index contributed by atoms with van der Waals surface area (Å²) in [5, 5.41) is 14.3. The average molecular weight is 448 g/mol. The van der Waals surface area contributed by atoms with Crippen LogP contribution in [0.1, 0.15) is 19.9 Å². The Labute approximate surface area is 190 Å². The molecule has 11 nitrogen and oxygen atoms in total. The highest BCUT2D eigenvalue weighted by atomic mass is 16.5. The number of hydrogen-bond donors (Lipinski definition) is 3. The molecule has 0 aliphatic carbocycles. The minimum absolute atomic E-state index is 0.111. The van der Waals surface area contributed by atoms with Crippen LogP contribution in [0.4, 0.5) is 22.0 Å². The van der Waals surface area contributed by atoms with E-state index in [1.807, 2.05) is 42.8 Å². The molecule has 4 heterocycles. The molecule has 4 aromatic rings. The SMILES string of the molecule is CC(C)n1nnc2c(N3CCOCC3)nc(-c3ccc(NC(=O)Nc4cc[nH]c4)cc3)nc21. The Bertz CT molecular complexity index is 1240. The number of aromatic amines is 1. The normalized spacial score (nSPS) is 14.1. The zero-order valence-corrected chi connectivity index (χ0v) is 18.4. The van der Waals surface area contributed by atoms with E-state index in [1.54, 1.807) is 18.5 Å². The number of H-pyrrole nitrogens is 1. The van der Waals surface area contributed by atoms with E-state index < -0.39 is 0 Å². The number of morpholine rings is 1. The van der Waals surface area contributed by atoms with Crippen LogP contribution in [0, 0.1) is 0 Å². The molecule has 1 aromatic carbocycles. The summed E-state index contributed by atoms with van der Waals surface area (Å²) in [5.41, 5.74) is 3.57. The minimum Gasteiger partial charge on any atom is -0.378 e. The lowest BCUT2D eigenvalue weighted by Crippen LogP contribution is -2.37. The summed E-state index contributed by atoms with van der Waals surface area (Å²) in [6.07, 6.45) is 3.45. The maximum Gasteiger partial charge on any atom is 0.323 e. The van der Waals surface area contributed by atoms with Gasteiger partial charge in [-0.05, 0) is 44.2 Å². The van der Waals surface area contributed by atoms with Crippen LogP contribution >= 0.6 is 0 Å². The van der Waals surface area contributed by atoms with Gasteiger partial charge in [-0.15, -0.1) is 5.10 Å². The fourth-order valence-electron chi connectivity index (χ4n) is 3.69. The highest BCUT2D eigenvalue weighted by Crippen LogP contribution is 2.28. The summed E-state index contributed by atoms with van der Waals surface area (Å²) < 4.78 is 7.31. The third-order valence-electron chi connectivity index (χ3n) is 5.36. The standard InChI is InChI=1S/C22H25N9O2/c1-14(2)31-21-18(28-29-31)20(30-9-11-33-12-10-30)26-19(27-21)15-3-5-16(6-4-15)24-22(32)25-17-7-8-23-13-17/h3-8,13-14,23H,9-12H2,1-2H3,(H2,24,25,32). The zero-order valence-electron chi connectivity index (χ0n) is 18.4. The monoisotopic (exact) mass is 447 g/mol. The van der Waals surface area contributed by atoms with E-state index in [0.29, 0.717) is 41.6 Å². The second kappa shape index (κ2) is 8.87. The third-order valence-corrected chi connectivity index (χ3v) is 5.36. The van der Waals surface area contributed by atoms with Crippen molar-refractivity contribution in [2.24, 2.45) is 0 Å². The molecule has 3 N–H and O–H groups in total. The molecule has 1 saturated heterocycles. The Hall–Kier alpha value is -3.99. The Morgan fingerprint density at radius 2 is 1.82 bits per heavy atom. The van der Waals surface area contributed by atoms with Crippen molar-refractivity contribution < 1.29 is 9.53 Å². The summed E-state index contributed by atoms with van der Waals surface area (Å²) >= 11 is 0. The predicted molar refractivity (Wildman–Crippen MR) is 125 cm³/mol. The van der Waals surface area contributed by atoms with Gasteiger partial charge >= 0.3 is 6.03 Å². The van der Waals surface area contributed by atoms with Crippen molar-refractivity contribution >= 4 is 34.4 Å². The molecule has 33 heavy (non-hydrogen) atoms. The fraction of sp³-hybridized carbons (Fsp3) is 0.318. The largest absolute Gasteiger partial charge is 0.378 e. The molecule has 0 spiro atoms. The highest BCUT2D eigenvalue weighted by molar-refractivity contribution is 5.99. The Morgan fingerprint density at radius 3 is 2.52 bits per heavy atom. The first-order chi connectivity index (χ1) is 16.1. The van der Waals surface area contributed by atoms with Crippen molar-refractivity contribution in [3.63, 3.8) is 0 Å². The number of urea groups is 1. The molecule has 0 saturated carbocycles. The van der Waals surface area contributed by atoms with Crippen LogP contribution in [-0.4, -0.2) is 62.3 Å². The van der Waals surface area contributed by atoms with Crippen LogP contribution in [0.3, 0.4) is 0 Å². The molecular formula is C22H25N9O2. The number of ether oxygens (including phenoxy) is 1. The number of nitrogens with zero attached hydrogens (tertiary/aromatic N) is 6. The first-order valence-electron chi connectivity index (χ1n) is 10.9. The van der Waals surface area contributed by atoms with Crippen molar-refractivity contribution in [1.29, 1.82) is 0 Å². The zero-order chi connectivity index (χ0) is 22.8. The molecular weight excluding hydrogens is 422 g/mol. The first-order valence-corrected chi connectivity index (χ1v) is 10.9. The molecule has 0 radical (unpaired) electrons. The number of fused-ring (bicyclic) bond motifs is 1. The van der Waals surface area contributed by atoms with E-state index in [-0.39, 0.29) is 12.1 Å². The van der Waals surface area contributed by atoms with Gasteiger partial charge in [0.25, 0.3) is 0 Å². The van der Waals surface area contributed by atoms with E-state index in [2.05, 4.69) is 30.8 Å². The predicted octanol–water partition coefficient (Wildman–Crippen LogP) is 3.28. The maximum atomic E-state index is 12.2. The topological polar surface area (TPSA) is 126 Å². The van der Waals surface area contributed by atoms with Crippen molar-refractivity contribution in [3.05, 3.63) is 42.7 Å². The maximum absolute atomic E-state index is 12.2. The lowest BCUT2D eigenvalue weighted by molar-refractivity contribution is 0.122. The molecule has 0 unspecified atom stereocenters. The second-order valence-corrected chi connectivity index (χ2v) is 8.03. The molecule has 1 aliphatic rings. The molecule has 2 amide bonds. The van der Waals surface area contributed by atoms with Gasteiger partial charge in [-0.2, -0.15) is 0 Å². The summed E-state index contributed by atoms with van der Waals surface area (Å²) in [4.78, 5) is 26.9. The molecule has 1 fully saturated rings. The van der Waals surface area contributed by atoms with Gasteiger partial charge < -0.3 is 25.3 Å². The molecule has 170 valence electrons. The number of anilines is 3. The van der Waals surface area contributed by atoms with E-state index >= 15 is 0 Å². The van der Waals surface area contributed by atoms with Crippen molar-refractivity contribution in [2.45, 2.75) is 19.9 Å². The first kappa shape index (κ1) is 20.9. The van der Waals surface area contributed by atoms with Crippen molar-refractivity contribution in [3.8, 4) is 11.4 Å². The molecule has 11 heteroatoms. The van der Waals surface area contributed by atoms with Gasteiger partial charge in [0.15, 0.2) is 22.8 Å². The number of rotatable bonds is 5. The van der Waals surface area contributed by atoms with Gasteiger partial charge in [0.1, 0.15) is 0 Å². The Balaban J connectivity index is 1.44. The van der Waals surface area contributed by atoms with Gasteiger partial charge in [0.05, 0.1) is 24.9 Å². The summed E-state index contributed by atoms with van der Waals surface area (Å²) in [5.74, 6) is 1.34. The number of amides is 2. The average Bonchev–Trinajstić information content (AvgIpc) is 3.49. The van der Waals surface area contributed by atoms with E-state index in [1.165, 1.54) is 0 Å². The second-order valence-electron chi connectivity index (χ2n) is 8.03. The van der Waals surface area contributed by atoms with Crippen LogP contribution in [0.15, 0.2) is 42.7 Å². The van der Waals surface area contributed by atoms with E-state index in [0.717, 1.165) is 24.5 Å². The number of carbonyl (C=O) groups excluding carboxylic acids is 1. The molecule has 1 aliphatic heterocycles. The van der Waals surface area contributed by atoms with Gasteiger partial charge in [-0.3, -0.25) is 0 Å². The molecule has 0 atom stereocenters. The summed E-state index contributed by atoms with van der Waals surface area (Å²) in [6.45, 7) is 6.85. The quantitative estimate of drug-likeness (QED) is 0.429. The minimum atomic E-state index is -0.318. The Morgan fingerprint density at radius 1 is 1.06 bits per heavy atom. The number of aromatic nitrogens is 6. The van der Waals surface area contributed by atoms with E-state index in [4.69, 9.17) is 14.7 Å². The third kappa shape index (κ3) is 4.35. The van der Waals surface area contributed by atoms with Crippen molar-refractivity contribution in [1.82, 2.24) is 29.9 Å². The van der Waals surface area contributed by atoms with Crippen LogP contribution in [0.5, 0.6) is 0 Å². The van der Waals surface area contributed by atoms with E-state index in [9.17, 15) is 4.79 Å². The lowest BCUT2D eigenvalue weighted by Gasteiger charge is -2.28. The fourth-order valence-corrected chi connectivity index (χ4v) is 3.69. The van der Waals surface area contributed by atoms with Crippen LogP contribution in [0.2, 0.25) is 0 Å². The van der Waals surface area contributed by atoms with Gasteiger partial charge in [-0.25, -0.2) is 19.4 Å². The van der Waals surface area contributed by atoms with Crippen LogP contribution in [-0.2, 0) is 4.74 Å². The van der Waals surface area contributed by atoms with Crippen molar-refractivity contribution in [2.75, 3.05) is 41.8 Å². The van der Waals surface area contributed by atoms with Crippen LogP contribution in [0.25, 0.3) is 22.6 Å². The number of hydrogen-bond acceptors (Lipinski definition) is 7. The molecule has 3 aromatic heterocycles. The molecule has 5 rings (SSSR count). The lowest BCUT2D eigenvalue weighted by atomic mass is 10.2. The van der Waals surface area contributed by atoms with Gasteiger partial charge in [0, 0.05) is 36.7 Å². The highest BCUT2D eigenvalue weighted by Gasteiger charge is 2.22. The molecule has 0 bridgehead atoms. The number of carbonyl (C=O) groups is 1. The Kier molecular flexibility index (Phi) is 5.61. The smallest absolute Gasteiger partial charge is 0.323 e. The van der Waals surface area contributed by atoms with Gasteiger partial charge in [-0.1, -0.05) is 5.21 Å². The number of nitrogens with one attached hydrogen (secondary N) is 3.